The maximum Gasteiger partial charge on any atom is 0.0805 e. The number of hydrogen-bond acceptors (Lipinski definition) is 2. The van der Waals surface area contributed by atoms with Gasteiger partial charge < -0.3 is 10.2 Å². The molecule has 0 aromatic carbocycles. The summed E-state index contributed by atoms with van der Waals surface area (Å²) in [6.07, 6.45) is 6.25. The van der Waals surface area contributed by atoms with Crippen LogP contribution in [-0.4, -0.2) is 22.9 Å². The molecule has 0 aromatic heterocycles. The summed E-state index contributed by atoms with van der Waals surface area (Å²) in [5.74, 6) is 0. The predicted octanol–water partition coefficient (Wildman–Crippen LogP) is 0.862. The molecule has 0 amide bonds. The average Bonchev–Trinajstić information content (AvgIpc) is 1.98. The first-order chi connectivity index (χ1) is 4.81. The molecular formula is C8H14O2. The van der Waals surface area contributed by atoms with Crippen molar-refractivity contribution < 1.29 is 10.2 Å². The zero-order valence-corrected chi connectivity index (χ0v) is 6.03. The number of aliphatic hydroxyl groups is 2. The van der Waals surface area contributed by atoms with Crippen LogP contribution < -0.4 is 0 Å². The van der Waals surface area contributed by atoms with E-state index >= 15 is 0 Å². The summed E-state index contributed by atoms with van der Waals surface area (Å²) in [6, 6.07) is 0. The number of aliphatic hydroxyl groups excluding tert-OH is 2. The predicted molar refractivity (Wildman–Crippen MR) is 41.7 cm³/mol. The van der Waals surface area contributed by atoms with E-state index in [0.717, 1.165) is 6.42 Å². The Hall–Kier alpha value is -0.600. The number of allylic oxidation sites excluding steroid dienone is 2. The lowest BCUT2D eigenvalue weighted by molar-refractivity contribution is 0.0975. The van der Waals surface area contributed by atoms with Gasteiger partial charge in [0.1, 0.15) is 0 Å². The topological polar surface area (TPSA) is 40.5 Å². The monoisotopic (exact) mass is 142 g/mol. The Bertz CT molecular complexity index is 108. The van der Waals surface area contributed by atoms with Crippen LogP contribution in [0.1, 0.15) is 12.8 Å². The fourth-order valence-corrected chi connectivity index (χ4v) is 0.520. The van der Waals surface area contributed by atoms with Gasteiger partial charge in [0.2, 0.25) is 0 Å². The van der Waals surface area contributed by atoms with Gasteiger partial charge in [-0.3, -0.25) is 0 Å². The molecule has 2 N–H and O–H groups in total. The van der Waals surface area contributed by atoms with E-state index < -0.39 is 6.10 Å². The second-order valence-corrected chi connectivity index (χ2v) is 2.07. The van der Waals surface area contributed by atoms with Crippen LogP contribution in [0, 0.1) is 0 Å². The van der Waals surface area contributed by atoms with Gasteiger partial charge in [-0.15, -0.1) is 6.58 Å². The van der Waals surface area contributed by atoms with Gasteiger partial charge in [-0.2, -0.15) is 0 Å². The molecule has 0 aliphatic carbocycles. The molecule has 0 bridgehead atoms. The van der Waals surface area contributed by atoms with Crippen molar-refractivity contribution in [2.24, 2.45) is 0 Å². The van der Waals surface area contributed by atoms with Crippen molar-refractivity contribution >= 4 is 0 Å². The molecule has 0 saturated carbocycles. The first-order valence-electron chi connectivity index (χ1n) is 3.36. The lowest BCUT2D eigenvalue weighted by Crippen LogP contribution is -2.09. The van der Waals surface area contributed by atoms with Crippen molar-refractivity contribution in [2.45, 2.75) is 18.9 Å². The highest BCUT2D eigenvalue weighted by molar-refractivity contribution is 4.89. The summed E-state index contributed by atoms with van der Waals surface area (Å²) in [7, 11) is 0. The van der Waals surface area contributed by atoms with Gasteiger partial charge in [0, 0.05) is 0 Å². The van der Waals surface area contributed by atoms with Gasteiger partial charge in [0.25, 0.3) is 0 Å². The minimum absolute atomic E-state index is 0.168. The maximum absolute atomic E-state index is 8.83. The van der Waals surface area contributed by atoms with E-state index in [1.54, 1.807) is 6.08 Å². The van der Waals surface area contributed by atoms with Crippen molar-refractivity contribution in [1.82, 2.24) is 0 Å². The number of rotatable bonds is 5. The van der Waals surface area contributed by atoms with Crippen LogP contribution in [0.5, 0.6) is 0 Å². The van der Waals surface area contributed by atoms with E-state index in [-0.39, 0.29) is 6.61 Å². The van der Waals surface area contributed by atoms with Crippen LogP contribution in [0.25, 0.3) is 0 Å². The summed E-state index contributed by atoms with van der Waals surface area (Å²) in [5, 5.41) is 17.2. The Morgan fingerprint density at radius 1 is 1.40 bits per heavy atom. The highest BCUT2D eigenvalue weighted by atomic mass is 16.3. The zero-order chi connectivity index (χ0) is 7.82. The molecule has 1 atom stereocenters. The standard InChI is InChI=1S/C8H14O2/c1-2-3-4-5-6-8(10)7-9/h2,4-5,8-10H,1,3,6-7H2/b5-4-. The Balaban J connectivity index is 3.24. The lowest BCUT2D eigenvalue weighted by atomic mass is 10.2. The lowest BCUT2D eigenvalue weighted by Gasteiger charge is -1.99. The highest BCUT2D eigenvalue weighted by Gasteiger charge is 1.95. The maximum atomic E-state index is 8.83. The smallest absolute Gasteiger partial charge is 0.0805 e. The van der Waals surface area contributed by atoms with Gasteiger partial charge in [-0.1, -0.05) is 18.2 Å². The van der Waals surface area contributed by atoms with Crippen molar-refractivity contribution in [3.05, 3.63) is 24.8 Å². The van der Waals surface area contributed by atoms with Gasteiger partial charge in [-0.25, -0.2) is 0 Å². The normalized spacial score (nSPS) is 13.8. The molecular weight excluding hydrogens is 128 g/mol. The molecule has 2 nitrogen and oxygen atoms in total. The van der Waals surface area contributed by atoms with Gasteiger partial charge in [0.05, 0.1) is 12.7 Å². The third-order valence-electron chi connectivity index (χ3n) is 1.09. The van der Waals surface area contributed by atoms with Gasteiger partial charge in [0.15, 0.2) is 0 Å². The fourth-order valence-electron chi connectivity index (χ4n) is 0.520. The third kappa shape index (κ3) is 5.54. The second-order valence-electron chi connectivity index (χ2n) is 2.07. The Kier molecular flexibility index (Phi) is 6.13. The Morgan fingerprint density at radius 2 is 2.10 bits per heavy atom. The molecule has 1 unspecified atom stereocenters. The fraction of sp³-hybridized carbons (Fsp3) is 0.500. The molecule has 58 valence electrons. The van der Waals surface area contributed by atoms with Crippen molar-refractivity contribution in [1.29, 1.82) is 0 Å². The highest BCUT2D eigenvalue weighted by Crippen LogP contribution is 1.93. The van der Waals surface area contributed by atoms with E-state index in [4.69, 9.17) is 10.2 Å². The van der Waals surface area contributed by atoms with Crippen LogP contribution in [-0.2, 0) is 0 Å². The average molecular weight is 142 g/mol. The molecule has 0 heterocycles. The molecule has 0 saturated heterocycles. The summed E-state index contributed by atoms with van der Waals surface area (Å²) < 4.78 is 0. The van der Waals surface area contributed by atoms with Crippen LogP contribution >= 0.6 is 0 Å². The van der Waals surface area contributed by atoms with Crippen molar-refractivity contribution in [3.8, 4) is 0 Å². The first kappa shape index (κ1) is 9.40. The summed E-state index contributed by atoms with van der Waals surface area (Å²) in [5.41, 5.74) is 0. The van der Waals surface area contributed by atoms with Gasteiger partial charge in [-0.05, 0) is 12.8 Å². The molecule has 0 aliphatic heterocycles. The third-order valence-corrected chi connectivity index (χ3v) is 1.09. The quantitative estimate of drug-likeness (QED) is 0.559. The molecule has 0 spiro atoms. The second kappa shape index (κ2) is 6.52. The largest absolute Gasteiger partial charge is 0.394 e. The van der Waals surface area contributed by atoms with Crippen LogP contribution in [0.2, 0.25) is 0 Å². The van der Waals surface area contributed by atoms with E-state index in [2.05, 4.69) is 6.58 Å². The zero-order valence-electron chi connectivity index (χ0n) is 6.03. The van der Waals surface area contributed by atoms with E-state index in [1.165, 1.54) is 0 Å². The minimum Gasteiger partial charge on any atom is -0.394 e. The first-order valence-corrected chi connectivity index (χ1v) is 3.36. The molecule has 0 rings (SSSR count). The molecule has 2 heteroatoms. The van der Waals surface area contributed by atoms with Crippen LogP contribution in [0.4, 0.5) is 0 Å². The van der Waals surface area contributed by atoms with Gasteiger partial charge >= 0.3 is 0 Å². The Labute approximate surface area is 61.5 Å². The minimum atomic E-state index is -0.610. The van der Waals surface area contributed by atoms with E-state index in [1.807, 2.05) is 12.2 Å². The van der Waals surface area contributed by atoms with Crippen LogP contribution in [0.3, 0.4) is 0 Å². The number of hydrogen-bond donors (Lipinski definition) is 2. The van der Waals surface area contributed by atoms with E-state index in [0.29, 0.717) is 6.42 Å². The Morgan fingerprint density at radius 3 is 2.60 bits per heavy atom. The van der Waals surface area contributed by atoms with E-state index in [9.17, 15) is 0 Å². The molecule has 0 aromatic rings. The molecule has 0 aliphatic rings. The SMILES string of the molecule is C=CC/C=C\CC(O)CO. The van der Waals surface area contributed by atoms with Crippen LogP contribution in [0.15, 0.2) is 24.8 Å². The summed E-state index contributed by atoms with van der Waals surface area (Å²) in [4.78, 5) is 0. The molecule has 0 radical (unpaired) electrons. The van der Waals surface area contributed by atoms with Crippen molar-refractivity contribution in [2.75, 3.05) is 6.61 Å². The molecule has 0 fully saturated rings. The summed E-state index contributed by atoms with van der Waals surface area (Å²) in [6.45, 7) is 3.37. The summed E-state index contributed by atoms with van der Waals surface area (Å²) >= 11 is 0. The van der Waals surface area contributed by atoms with Crippen molar-refractivity contribution in [3.63, 3.8) is 0 Å². The molecule has 10 heavy (non-hydrogen) atoms.